The summed E-state index contributed by atoms with van der Waals surface area (Å²) in [7, 11) is 0. The summed E-state index contributed by atoms with van der Waals surface area (Å²) in [5.41, 5.74) is 1.48. The number of rotatable bonds is 7. The van der Waals surface area contributed by atoms with E-state index in [0.717, 1.165) is 5.56 Å². The summed E-state index contributed by atoms with van der Waals surface area (Å²) in [5, 5.41) is -0.649. The van der Waals surface area contributed by atoms with Crippen LogP contribution in [-0.2, 0) is 9.59 Å². The lowest BCUT2D eigenvalue weighted by atomic mass is 10.1. The predicted molar refractivity (Wildman–Crippen MR) is 80.7 cm³/mol. The fourth-order valence-corrected chi connectivity index (χ4v) is 2.08. The van der Waals surface area contributed by atoms with E-state index in [-0.39, 0.29) is 12.5 Å². The highest BCUT2D eigenvalue weighted by Gasteiger charge is 2.25. The van der Waals surface area contributed by atoms with Gasteiger partial charge in [0.05, 0.1) is 18.8 Å². The van der Waals surface area contributed by atoms with Gasteiger partial charge in [-0.2, -0.15) is 0 Å². The molecule has 0 saturated heterocycles. The van der Waals surface area contributed by atoms with Crippen LogP contribution in [0.25, 0.3) is 0 Å². The van der Waals surface area contributed by atoms with Crippen LogP contribution in [0.4, 0.5) is 5.69 Å². The van der Waals surface area contributed by atoms with Crippen molar-refractivity contribution in [2.45, 2.75) is 32.6 Å². The number of nitrogens with zero attached hydrogens (tertiary/aromatic N) is 1. The van der Waals surface area contributed by atoms with Gasteiger partial charge in [-0.25, -0.2) is 0 Å². The summed E-state index contributed by atoms with van der Waals surface area (Å²) in [4.78, 5) is 24.7. The molecule has 1 atom stereocenters. The van der Waals surface area contributed by atoms with Gasteiger partial charge in [0.2, 0.25) is 5.91 Å². The van der Waals surface area contributed by atoms with Crippen molar-refractivity contribution in [3.8, 4) is 5.75 Å². The standard InChI is InChI=1S/C15H20ClNO3/c1-4-12(16)15(19)17(9-10-18)14-11(3)7-6-8-13(14)20-5-2/h6-8,10,12H,4-5,9H2,1-3H3. The highest BCUT2D eigenvalue weighted by Crippen LogP contribution is 2.32. The summed E-state index contributed by atoms with van der Waals surface area (Å²) in [6.45, 7) is 6.02. The number of ether oxygens (including phenoxy) is 1. The molecule has 0 spiro atoms. The first-order valence-corrected chi connectivity index (χ1v) is 7.11. The Kier molecular flexibility index (Phi) is 6.52. The van der Waals surface area contributed by atoms with E-state index in [1.54, 1.807) is 6.07 Å². The number of aldehydes is 1. The number of carbonyl (C=O) groups excluding carboxylic acids is 2. The molecule has 0 radical (unpaired) electrons. The first-order valence-electron chi connectivity index (χ1n) is 6.68. The van der Waals surface area contributed by atoms with Crippen LogP contribution >= 0.6 is 11.6 Å². The first-order chi connectivity index (χ1) is 9.56. The minimum atomic E-state index is -0.649. The molecule has 0 fully saturated rings. The molecular formula is C15H20ClNO3. The minimum Gasteiger partial charge on any atom is -0.492 e. The lowest BCUT2D eigenvalue weighted by molar-refractivity contribution is -0.119. The Bertz CT molecular complexity index is 476. The van der Waals surface area contributed by atoms with Gasteiger partial charge >= 0.3 is 0 Å². The Morgan fingerprint density at radius 2 is 2.15 bits per heavy atom. The molecule has 0 aliphatic rings. The summed E-state index contributed by atoms with van der Waals surface area (Å²) < 4.78 is 5.56. The van der Waals surface area contributed by atoms with Crippen molar-refractivity contribution in [1.82, 2.24) is 0 Å². The highest BCUT2D eigenvalue weighted by molar-refractivity contribution is 6.33. The van der Waals surface area contributed by atoms with Gasteiger partial charge in [-0.1, -0.05) is 19.1 Å². The zero-order valence-corrected chi connectivity index (χ0v) is 12.8. The maximum Gasteiger partial charge on any atom is 0.245 e. The average molecular weight is 298 g/mol. The number of hydrogen-bond acceptors (Lipinski definition) is 3. The van der Waals surface area contributed by atoms with Gasteiger partial charge in [-0.15, -0.1) is 11.6 Å². The second kappa shape index (κ2) is 7.90. The zero-order valence-electron chi connectivity index (χ0n) is 12.1. The number of carbonyl (C=O) groups is 2. The van der Waals surface area contributed by atoms with E-state index in [4.69, 9.17) is 16.3 Å². The SMILES string of the molecule is CCOc1cccc(C)c1N(CC=O)C(=O)C(Cl)CC. The minimum absolute atomic E-state index is 0.0347. The van der Waals surface area contributed by atoms with Gasteiger partial charge in [0.1, 0.15) is 17.4 Å². The molecule has 0 aliphatic heterocycles. The van der Waals surface area contributed by atoms with Gasteiger partial charge < -0.3 is 14.4 Å². The molecule has 1 rings (SSSR count). The van der Waals surface area contributed by atoms with Gasteiger partial charge in [-0.3, -0.25) is 4.79 Å². The molecule has 0 N–H and O–H groups in total. The maximum absolute atomic E-state index is 12.4. The van der Waals surface area contributed by atoms with E-state index in [1.165, 1.54) is 4.90 Å². The van der Waals surface area contributed by atoms with Crippen molar-refractivity contribution in [3.63, 3.8) is 0 Å². The van der Waals surface area contributed by atoms with Crippen molar-refractivity contribution in [3.05, 3.63) is 23.8 Å². The molecule has 0 aromatic heterocycles. The van der Waals surface area contributed by atoms with E-state index in [0.29, 0.717) is 30.8 Å². The third-order valence-electron chi connectivity index (χ3n) is 2.92. The largest absolute Gasteiger partial charge is 0.492 e. The van der Waals surface area contributed by atoms with E-state index in [9.17, 15) is 9.59 Å². The molecular weight excluding hydrogens is 278 g/mol. The van der Waals surface area contributed by atoms with Crippen molar-refractivity contribution >= 4 is 29.5 Å². The molecule has 1 unspecified atom stereocenters. The van der Waals surface area contributed by atoms with E-state index in [2.05, 4.69) is 0 Å². The van der Waals surface area contributed by atoms with Crippen LogP contribution in [0.1, 0.15) is 25.8 Å². The van der Waals surface area contributed by atoms with E-state index < -0.39 is 5.38 Å². The van der Waals surface area contributed by atoms with Crippen LogP contribution < -0.4 is 9.64 Å². The van der Waals surface area contributed by atoms with Crippen LogP contribution in [0.2, 0.25) is 0 Å². The highest BCUT2D eigenvalue weighted by atomic mass is 35.5. The van der Waals surface area contributed by atoms with Gasteiger partial charge in [-0.05, 0) is 31.9 Å². The Morgan fingerprint density at radius 1 is 1.45 bits per heavy atom. The average Bonchev–Trinajstić information content (AvgIpc) is 2.44. The molecule has 110 valence electrons. The normalized spacial score (nSPS) is 11.8. The number of amides is 1. The fraction of sp³-hybridized carbons (Fsp3) is 0.467. The fourth-order valence-electron chi connectivity index (χ4n) is 1.96. The Balaban J connectivity index is 3.26. The topological polar surface area (TPSA) is 46.6 Å². The zero-order chi connectivity index (χ0) is 15.1. The maximum atomic E-state index is 12.4. The quantitative estimate of drug-likeness (QED) is 0.574. The molecule has 0 bridgehead atoms. The molecule has 20 heavy (non-hydrogen) atoms. The second-order valence-corrected chi connectivity index (χ2v) is 4.87. The summed E-state index contributed by atoms with van der Waals surface area (Å²) in [6.07, 6.45) is 1.20. The van der Waals surface area contributed by atoms with Crippen molar-refractivity contribution in [2.75, 3.05) is 18.1 Å². The van der Waals surface area contributed by atoms with Gasteiger partial charge in [0, 0.05) is 0 Å². The Labute approximate surface area is 124 Å². The lowest BCUT2D eigenvalue weighted by Gasteiger charge is -2.26. The third-order valence-corrected chi connectivity index (χ3v) is 3.42. The first kappa shape index (κ1) is 16.5. The van der Waals surface area contributed by atoms with Gasteiger partial charge in [0.25, 0.3) is 0 Å². The molecule has 5 heteroatoms. The molecule has 1 amide bonds. The number of hydrogen-bond donors (Lipinski definition) is 0. The Morgan fingerprint density at radius 3 is 2.70 bits per heavy atom. The smallest absolute Gasteiger partial charge is 0.245 e. The monoisotopic (exact) mass is 297 g/mol. The van der Waals surface area contributed by atoms with Crippen LogP contribution in [0.3, 0.4) is 0 Å². The van der Waals surface area contributed by atoms with Crippen LogP contribution in [0.5, 0.6) is 5.75 Å². The molecule has 0 heterocycles. The summed E-state index contributed by atoms with van der Waals surface area (Å²) in [6, 6.07) is 5.51. The molecule has 0 aliphatic carbocycles. The lowest BCUT2D eigenvalue weighted by Crippen LogP contribution is -2.38. The van der Waals surface area contributed by atoms with Crippen LogP contribution in [-0.4, -0.2) is 30.7 Å². The number of anilines is 1. The summed E-state index contributed by atoms with van der Waals surface area (Å²) >= 11 is 6.03. The molecule has 1 aromatic rings. The molecule has 4 nitrogen and oxygen atoms in total. The van der Waals surface area contributed by atoms with Crippen molar-refractivity contribution < 1.29 is 14.3 Å². The number of para-hydroxylation sites is 1. The number of aryl methyl sites for hydroxylation is 1. The molecule has 0 saturated carbocycles. The Hall–Kier alpha value is -1.55. The van der Waals surface area contributed by atoms with Crippen LogP contribution in [0.15, 0.2) is 18.2 Å². The molecule has 1 aromatic carbocycles. The van der Waals surface area contributed by atoms with Crippen molar-refractivity contribution in [1.29, 1.82) is 0 Å². The van der Waals surface area contributed by atoms with Gasteiger partial charge in [0.15, 0.2) is 0 Å². The van der Waals surface area contributed by atoms with E-state index in [1.807, 2.05) is 32.9 Å². The van der Waals surface area contributed by atoms with E-state index >= 15 is 0 Å². The number of benzene rings is 1. The number of halogens is 1. The summed E-state index contributed by atoms with van der Waals surface area (Å²) in [5.74, 6) is 0.305. The predicted octanol–water partition coefficient (Wildman–Crippen LogP) is 2.94. The number of alkyl halides is 1. The second-order valence-electron chi connectivity index (χ2n) is 4.35. The van der Waals surface area contributed by atoms with Crippen molar-refractivity contribution in [2.24, 2.45) is 0 Å². The third kappa shape index (κ3) is 3.73. The van der Waals surface area contributed by atoms with Crippen LogP contribution in [0, 0.1) is 6.92 Å².